The van der Waals surface area contributed by atoms with E-state index in [1.54, 1.807) is 6.33 Å². The fourth-order valence-corrected chi connectivity index (χ4v) is 4.99. The highest BCUT2D eigenvalue weighted by atomic mass is 32.2. The van der Waals surface area contributed by atoms with Gasteiger partial charge in [0.05, 0.1) is 10.6 Å². The number of benzene rings is 2. The van der Waals surface area contributed by atoms with Crippen LogP contribution in [0.1, 0.15) is 12.1 Å². The molecule has 31 heavy (non-hydrogen) atoms. The number of hydrogen-bond donors (Lipinski definition) is 2. The van der Waals surface area contributed by atoms with E-state index in [-0.39, 0.29) is 12.1 Å². The van der Waals surface area contributed by atoms with Gasteiger partial charge in [0, 0.05) is 37.0 Å². The summed E-state index contributed by atoms with van der Waals surface area (Å²) in [6, 6.07) is 16.8. The first-order chi connectivity index (χ1) is 15.2. The van der Waals surface area contributed by atoms with Gasteiger partial charge in [-0.15, -0.1) is 11.8 Å². The third-order valence-corrected chi connectivity index (χ3v) is 6.47. The summed E-state index contributed by atoms with van der Waals surface area (Å²) in [5.41, 5.74) is 1.86. The van der Waals surface area contributed by atoms with E-state index in [1.807, 2.05) is 66.4 Å². The van der Waals surface area contributed by atoms with Gasteiger partial charge in [0.1, 0.15) is 23.6 Å². The first-order valence-corrected chi connectivity index (χ1v) is 11.4. The second-order valence-electron chi connectivity index (χ2n) is 7.54. The Morgan fingerprint density at radius 3 is 2.71 bits per heavy atom. The van der Waals surface area contributed by atoms with Crippen LogP contribution < -0.4 is 20.3 Å². The van der Waals surface area contributed by atoms with Gasteiger partial charge in [-0.3, -0.25) is 0 Å². The molecule has 0 bridgehead atoms. The van der Waals surface area contributed by atoms with Crippen molar-refractivity contribution in [2.45, 2.75) is 23.8 Å². The van der Waals surface area contributed by atoms with E-state index >= 15 is 0 Å². The van der Waals surface area contributed by atoms with E-state index in [9.17, 15) is 4.79 Å². The molecule has 2 aromatic carbocycles. The fraction of sp³-hybridized carbons (Fsp3) is 0.261. The quantitative estimate of drug-likeness (QED) is 0.624. The zero-order chi connectivity index (χ0) is 21.0. The minimum absolute atomic E-state index is 0.0812. The molecular formula is C23H23N5O2S. The lowest BCUT2D eigenvalue weighted by atomic mass is 10.2. The Kier molecular flexibility index (Phi) is 5.62. The van der Waals surface area contributed by atoms with Crippen LogP contribution in [0, 0.1) is 0 Å². The molecule has 1 aromatic heterocycles. The van der Waals surface area contributed by atoms with Crippen LogP contribution in [-0.4, -0.2) is 40.9 Å². The van der Waals surface area contributed by atoms with Gasteiger partial charge in [0.25, 0.3) is 0 Å². The van der Waals surface area contributed by atoms with Crippen LogP contribution in [0.25, 0.3) is 0 Å². The summed E-state index contributed by atoms with van der Waals surface area (Å²) in [6.07, 6.45) is 3.54. The Hall–Kier alpha value is -3.26. The van der Waals surface area contributed by atoms with Crippen molar-refractivity contribution in [1.82, 2.24) is 15.3 Å². The predicted molar refractivity (Wildman–Crippen MR) is 122 cm³/mol. The lowest BCUT2D eigenvalue weighted by molar-refractivity contribution is 0.249. The van der Waals surface area contributed by atoms with Crippen molar-refractivity contribution in [3.8, 4) is 11.5 Å². The van der Waals surface area contributed by atoms with Gasteiger partial charge in [-0.05, 0) is 42.8 Å². The molecule has 1 saturated heterocycles. The number of ether oxygens (including phenoxy) is 1. The van der Waals surface area contributed by atoms with Crippen molar-refractivity contribution in [3.63, 3.8) is 0 Å². The summed E-state index contributed by atoms with van der Waals surface area (Å²) in [5, 5.41) is 5.98. The van der Waals surface area contributed by atoms with Gasteiger partial charge >= 0.3 is 6.03 Å². The number of aromatic nitrogens is 2. The Bertz CT molecular complexity index is 1060. The summed E-state index contributed by atoms with van der Waals surface area (Å²) in [7, 11) is 0. The molecule has 0 radical (unpaired) electrons. The molecule has 0 aliphatic carbocycles. The lowest BCUT2D eigenvalue weighted by Crippen LogP contribution is -2.39. The normalized spacial score (nSPS) is 17.3. The number of urea groups is 1. The zero-order valence-electron chi connectivity index (χ0n) is 17.0. The van der Waals surface area contributed by atoms with E-state index < -0.39 is 0 Å². The number of nitrogens with one attached hydrogen (secondary N) is 2. The molecule has 2 aliphatic heterocycles. The molecule has 1 atom stereocenters. The van der Waals surface area contributed by atoms with Crippen LogP contribution >= 0.6 is 11.8 Å². The topological polar surface area (TPSA) is 79.4 Å². The van der Waals surface area contributed by atoms with E-state index in [1.165, 1.54) is 4.90 Å². The summed E-state index contributed by atoms with van der Waals surface area (Å²) < 4.78 is 5.79. The highest BCUT2D eigenvalue weighted by Crippen LogP contribution is 2.37. The molecule has 3 heterocycles. The fourth-order valence-electron chi connectivity index (χ4n) is 3.85. The SMILES string of the molecule is O=C(Nc1ccc(Oc2ccccc2)cc1)NC1CCN(c2ncnc3c2SCC3)C1. The number of thioether (sulfide) groups is 1. The Morgan fingerprint density at radius 2 is 1.87 bits per heavy atom. The highest BCUT2D eigenvalue weighted by molar-refractivity contribution is 7.99. The van der Waals surface area contributed by atoms with E-state index in [0.717, 1.165) is 60.4 Å². The van der Waals surface area contributed by atoms with E-state index in [0.29, 0.717) is 0 Å². The molecule has 0 spiro atoms. The second-order valence-corrected chi connectivity index (χ2v) is 8.65. The molecule has 2 N–H and O–H groups in total. The van der Waals surface area contributed by atoms with Crippen molar-refractivity contribution in [1.29, 1.82) is 0 Å². The maximum atomic E-state index is 12.5. The number of nitrogens with zero attached hydrogens (tertiary/aromatic N) is 3. The molecule has 5 rings (SSSR count). The number of carbonyl (C=O) groups excluding carboxylic acids is 1. The van der Waals surface area contributed by atoms with E-state index in [4.69, 9.17) is 4.74 Å². The molecule has 1 fully saturated rings. The van der Waals surface area contributed by atoms with Gasteiger partial charge < -0.3 is 20.3 Å². The van der Waals surface area contributed by atoms with Gasteiger partial charge in [-0.25, -0.2) is 14.8 Å². The molecule has 0 saturated carbocycles. The van der Waals surface area contributed by atoms with Crippen LogP contribution in [0.15, 0.2) is 65.8 Å². The molecule has 1 unspecified atom stereocenters. The lowest BCUT2D eigenvalue weighted by Gasteiger charge is -2.20. The average molecular weight is 434 g/mol. The predicted octanol–water partition coefficient (Wildman–Crippen LogP) is 4.32. The van der Waals surface area contributed by atoms with Crippen molar-refractivity contribution in [2.24, 2.45) is 0 Å². The molecule has 7 nitrogen and oxygen atoms in total. The molecule has 158 valence electrons. The Labute approximate surface area is 185 Å². The number of aryl methyl sites for hydroxylation is 1. The molecular weight excluding hydrogens is 410 g/mol. The number of hydrogen-bond acceptors (Lipinski definition) is 6. The minimum atomic E-state index is -0.203. The van der Waals surface area contributed by atoms with Gasteiger partial charge in [-0.1, -0.05) is 18.2 Å². The third kappa shape index (κ3) is 4.59. The van der Waals surface area contributed by atoms with Crippen molar-refractivity contribution in [2.75, 3.05) is 29.1 Å². The Morgan fingerprint density at radius 1 is 1.06 bits per heavy atom. The summed E-state index contributed by atoms with van der Waals surface area (Å²) in [6.45, 7) is 1.63. The van der Waals surface area contributed by atoms with Crippen LogP contribution in [0.3, 0.4) is 0 Å². The number of para-hydroxylation sites is 1. The monoisotopic (exact) mass is 433 g/mol. The largest absolute Gasteiger partial charge is 0.457 e. The standard InChI is InChI=1S/C23H23N5O2S/c29-23(26-16-6-8-19(9-7-16)30-18-4-2-1-3-5-18)27-17-10-12-28(14-17)22-21-20(11-13-31-21)24-15-25-22/h1-9,15,17H,10-14H2,(H2,26,27,29). The first-order valence-electron chi connectivity index (χ1n) is 10.4. The number of rotatable bonds is 5. The first kappa shape index (κ1) is 19.7. The molecule has 2 amide bonds. The number of anilines is 2. The summed E-state index contributed by atoms with van der Waals surface area (Å²) in [4.78, 5) is 24.8. The van der Waals surface area contributed by atoms with Gasteiger partial charge in [-0.2, -0.15) is 0 Å². The third-order valence-electron chi connectivity index (χ3n) is 5.36. The van der Waals surface area contributed by atoms with Crippen LogP contribution in [0.4, 0.5) is 16.3 Å². The number of amides is 2. The van der Waals surface area contributed by atoms with Crippen molar-refractivity contribution >= 4 is 29.3 Å². The van der Waals surface area contributed by atoms with Crippen LogP contribution in [-0.2, 0) is 6.42 Å². The number of carbonyl (C=O) groups is 1. The second kappa shape index (κ2) is 8.85. The average Bonchev–Trinajstić information content (AvgIpc) is 3.45. The molecule has 2 aliphatic rings. The summed E-state index contributed by atoms with van der Waals surface area (Å²) in [5.74, 6) is 3.57. The van der Waals surface area contributed by atoms with Crippen molar-refractivity contribution < 1.29 is 9.53 Å². The van der Waals surface area contributed by atoms with Gasteiger partial charge in [0.15, 0.2) is 0 Å². The molecule has 8 heteroatoms. The number of fused-ring (bicyclic) bond motifs is 1. The maximum absolute atomic E-state index is 12.5. The minimum Gasteiger partial charge on any atom is -0.457 e. The Balaban J connectivity index is 1.14. The van der Waals surface area contributed by atoms with Gasteiger partial charge in [0.2, 0.25) is 0 Å². The maximum Gasteiger partial charge on any atom is 0.319 e. The highest BCUT2D eigenvalue weighted by Gasteiger charge is 2.29. The molecule has 3 aromatic rings. The van der Waals surface area contributed by atoms with Crippen LogP contribution in [0.5, 0.6) is 11.5 Å². The zero-order valence-corrected chi connectivity index (χ0v) is 17.8. The van der Waals surface area contributed by atoms with Crippen LogP contribution in [0.2, 0.25) is 0 Å². The smallest absolute Gasteiger partial charge is 0.319 e. The van der Waals surface area contributed by atoms with E-state index in [2.05, 4.69) is 25.5 Å². The summed E-state index contributed by atoms with van der Waals surface area (Å²) >= 11 is 1.82. The van der Waals surface area contributed by atoms with Crippen molar-refractivity contribution in [3.05, 3.63) is 66.6 Å².